The second-order valence-corrected chi connectivity index (χ2v) is 8.94. The van der Waals surface area contributed by atoms with Crippen molar-refractivity contribution in [3.8, 4) is 11.1 Å². The summed E-state index contributed by atoms with van der Waals surface area (Å²) >= 11 is 0. The normalized spacial score (nSPS) is 26.0. The van der Waals surface area contributed by atoms with Gasteiger partial charge < -0.3 is 15.0 Å². The summed E-state index contributed by atoms with van der Waals surface area (Å²) in [7, 11) is -4.17. The molecule has 1 aliphatic carbocycles. The maximum Gasteiger partial charge on any atom is 0.472 e. The number of hydrogen-bond acceptors (Lipinski definition) is 4. The molecule has 1 saturated carbocycles. The van der Waals surface area contributed by atoms with E-state index >= 15 is 4.39 Å². The Hall–Kier alpha value is -2.09. The van der Waals surface area contributed by atoms with Crippen LogP contribution in [0.1, 0.15) is 36.5 Å². The van der Waals surface area contributed by atoms with E-state index in [4.69, 9.17) is 9.05 Å². The van der Waals surface area contributed by atoms with Crippen molar-refractivity contribution in [1.29, 1.82) is 0 Å². The van der Waals surface area contributed by atoms with Gasteiger partial charge in [-0.25, -0.2) is 13.3 Å². The molecule has 1 aromatic heterocycles. The zero-order chi connectivity index (χ0) is 20.4. The van der Waals surface area contributed by atoms with Gasteiger partial charge in [0.2, 0.25) is 0 Å². The Balaban J connectivity index is 1.59. The first-order valence-electron chi connectivity index (χ1n) is 9.25. The van der Waals surface area contributed by atoms with Gasteiger partial charge in [-0.3, -0.25) is 9.05 Å². The van der Waals surface area contributed by atoms with Gasteiger partial charge in [-0.1, -0.05) is 24.3 Å². The van der Waals surface area contributed by atoms with Gasteiger partial charge in [0.25, 0.3) is 0 Å². The van der Waals surface area contributed by atoms with Gasteiger partial charge in [-0.15, -0.1) is 0 Å². The van der Waals surface area contributed by atoms with Crippen LogP contribution in [0.3, 0.4) is 0 Å². The number of phosphoric acid groups is 1. The molecular weight excluding hydrogens is 403 g/mol. The van der Waals surface area contributed by atoms with Gasteiger partial charge in [0.15, 0.2) is 0 Å². The molecule has 1 saturated heterocycles. The maximum absolute atomic E-state index is 15.4. The van der Waals surface area contributed by atoms with Crippen LogP contribution < -0.4 is 0 Å². The lowest BCUT2D eigenvalue weighted by Gasteiger charge is -2.37. The highest BCUT2D eigenvalue weighted by atomic mass is 31.2. The fourth-order valence-electron chi connectivity index (χ4n) is 4.04. The second kappa shape index (κ2) is 6.45. The zero-order valence-corrected chi connectivity index (χ0v) is 16.1. The lowest BCUT2D eigenvalue weighted by molar-refractivity contribution is -0.0387. The molecule has 1 unspecified atom stereocenters. The Morgan fingerprint density at radius 3 is 2.52 bits per heavy atom. The lowest BCUT2D eigenvalue weighted by Crippen LogP contribution is -2.33. The van der Waals surface area contributed by atoms with Crippen LogP contribution in [0.4, 0.5) is 8.78 Å². The topological polar surface area (TPSA) is 91.8 Å². The molecule has 2 atom stereocenters. The fraction of sp³-hybridized carbons (Fsp3) is 0.300. The van der Waals surface area contributed by atoms with Crippen LogP contribution in [0.25, 0.3) is 22.0 Å². The molecule has 29 heavy (non-hydrogen) atoms. The van der Waals surface area contributed by atoms with E-state index < -0.39 is 31.2 Å². The smallest absolute Gasteiger partial charge is 0.385 e. The van der Waals surface area contributed by atoms with Gasteiger partial charge in [0, 0.05) is 17.1 Å². The first-order chi connectivity index (χ1) is 13.8. The summed E-state index contributed by atoms with van der Waals surface area (Å²) in [5.74, 6) is -1.54. The number of phosphoric ester groups is 1. The van der Waals surface area contributed by atoms with Gasteiger partial charge in [-0.05, 0) is 36.5 Å². The van der Waals surface area contributed by atoms with Gasteiger partial charge in [-0.2, -0.15) is 0 Å². The summed E-state index contributed by atoms with van der Waals surface area (Å²) in [5, 5.41) is 10.5. The van der Waals surface area contributed by atoms with E-state index in [1.54, 1.807) is 24.3 Å². The number of H-pyrrole nitrogens is 1. The molecule has 3 N–H and O–H groups in total. The van der Waals surface area contributed by atoms with E-state index in [-0.39, 0.29) is 28.6 Å². The summed E-state index contributed by atoms with van der Waals surface area (Å²) in [6.07, 6.45) is 2.77. The number of benzene rings is 2. The van der Waals surface area contributed by atoms with Crippen molar-refractivity contribution in [1.82, 2.24) is 4.98 Å². The Bertz CT molecular complexity index is 1160. The molecule has 6 nitrogen and oxygen atoms in total. The molecule has 3 aromatic rings. The van der Waals surface area contributed by atoms with E-state index in [1.165, 1.54) is 12.3 Å². The number of halogens is 2. The molecule has 0 bridgehead atoms. The number of aromatic amines is 1. The minimum absolute atomic E-state index is 0.0820. The van der Waals surface area contributed by atoms with Crippen LogP contribution in [0.15, 0.2) is 36.5 Å². The van der Waals surface area contributed by atoms with Crippen molar-refractivity contribution < 1.29 is 32.4 Å². The van der Waals surface area contributed by atoms with Gasteiger partial charge >= 0.3 is 7.82 Å². The summed E-state index contributed by atoms with van der Waals surface area (Å²) in [6, 6.07) is 7.72. The molecule has 2 fully saturated rings. The van der Waals surface area contributed by atoms with Gasteiger partial charge in [0.1, 0.15) is 17.7 Å². The number of aliphatic hydroxyl groups is 1. The van der Waals surface area contributed by atoms with Crippen molar-refractivity contribution in [3.63, 3.8) is 0 Å². The van der Waals surface area contributed by atoms with Gasteiger partial charge in [0.05, 0.1) is 23.3 Å². The summed E-state index contributed by atoms with van der Waals surface area (Å²) in [6.45, 7) is -0.208. The number of hydrogen-bond donors (Lipinski definition) is 3. The molecule has 2 heterocycles. The van der Waals surface area contributed by atoms with Crippen molar-refractivity contribution in [2.75, 3.05) is 6.61 Å². The average molecular weight is 421 g/mol. The van der Waals surface area contributed by atoms with Crippen molar-refractivity contribution in [3.05, 3.63) is 59.3 Å². The quantitative estimate of drug-likeness (QED) is 0.535. The molecule has 0 spiro atoms. The number of aromatic nitrogens is 1. The van der Waals surface area contributed by atoms with E-state index in [1.807, 2.05) is 0 Å². The molecule has 0 radical (unpaired) electrons. The minimum atomic E-state index is -4.17. The third-order valence-corrected chi connectivity index (χ3v) is 6.77. The first-order valence-corrected chi connectivity index (χ1v) is 10.7. The van der Waals surface area contributed by atoms with E-state index in [0.29, 0.717) is 18.4 Å². The van der Waals surface area contributed by atoms with E-state index in [0.717, 1.165) is 12.0 Å². The van der Waals surface area contributed by atoms with Crippen molar-refractivity contribution in [2.45, 2.75) is 31.0 Å². The predicted molar refractivity (Wildman–Crippen MR) is 101 cm³/mol. The highest BCUT2D eigenvalue weighted by molar-refractivity contribution is 7.47. The van der Waals surface area contributed by atoms with Crippen LogP contribution in [0, 0.1) is 11.6 Å². The Labute approximate surface area is 164 Å². The Kier molecular flexibility index (Phi) is 4.21. The third-order valence-electron chi connectivity index (χ3n) is 5.78. The Morgan fingerprint density at radius 1 is 1.21 bits per heavy atom. The first kappa shape index (κ1) is 18.9. The number of rotatable bonds is 3. The summed E-state index contributed by atoms with van der Waals surface area (Å²) in [4.78, 5) is 12.2. The van der Waals surface area contributed by atoms with Crippen LogP contribution in [-0.4, -0.2) is 21.6 Å². The predicted octanol–water partition coefficient (Wildman–Crippen LogP) is 4.67. The molecule has 2 aromatic carbocycles. The van der Waals surface area contributed by atoms with E-state index in [2.05, 4.69) is 4.98 Å². The fourth-order valence-corrected chi connectivity index (χ4v) is 4.92. The molecule has 1 aliphatic heterocycles. The highest BCUT2D eigenvalue weighted by Crippen LogP contribution is 2.55. The van der Waals surface area contributed by atoms with E-state index in [9.17, 15) is 19.0 Å². The third kappa shape index (κ3) is 3.03. The average Bonchev–Trinajstić information content (AvgIpc) is 3.23. The minimum Gasteiger partial charge on any atom is -0.385 e. The maximum atomic E-state index is 15.4. The van der Waals surface area contributed by atoms with Crippen LogP contribution in [-0.2, 0) is 19.2 Å². The van der Waals surface area contributed by atoms with Crippen LogP contribution in [0.5, 0.6) is 0 Å². The van der Waals surface area contributed by atoms with Crippen molar-refractivity contribution in [2.24, 2.45) is 0 Å². The standard InChI is InChI=1S/C20H18F2NO5P/c21-14-8-15-18(13(9-23-15)16-10-27-29(25,26)28-16)19(22)17(14)11-2-4-12(5-3-11)20(24)6-1-7-20/h2-5,8-9,16,23-24H,1,6-7,10H2,(H,25,26)/t16-/m1/s1. The number of nitrogens with one attached hydrogen (secondary N) is 1. The molecule has 0 amide bonds. The largest absolute Gasteiger partial charge is 0.472 e. The summed E-state index contributed by atoms with van der Waals surface area (Å²) < 4.78 is 51.4. The van der Waals surface area contributed by atoms with Crippen LogP contribution in [0.2, 0.25) is 0 Å². The molecular formula is C20H18F2NO5P. The lowest BCUT2D eigenvalue weighted by atomic mass is 9.75. The van der Waals surface area contributed by atoms with Crippen molar-refractivity contribution >= 4 is 18.7 Å². The number of fused-ring (bicyclic) bond motifs is 1. The molecule has 2 aliphatic rings. The molecule has 152 valence electrons. The molecule has 5 rings (SSSR count). The highest BCUT2D eigenvalue weighted by Gasteiger charge is 2.38. The monoisotopic (exact) mass is 421 g/mol. The van der Waals surface area contributed by atoms with Crippen LogP contribution >= 0.6 is 7.82 Å². The Morgan fingerprint density at radius 2 is 1.93 bits per heavy atom. The molecule has 9 heteroatoms. The summed E-state index contributed by atoms with van der Waals surface area (Å²) in [5.41, 5.74) is 0.486. The zero-order valence-electron chi connectivity index (χ0n) is 15.2. The SMILES string of the molecule is O=P1(O)OC[C@H](c2c[nH]c3cc(F)c(-c4ccc(C5(O)CCC5)cc4)c(F)c23)O1. The second-order valence-electron chi connectivity index (χ2n) is 7.53.